The molecule has 1 aliphatic rings. The molecule has 0 saturated carbocycles. The molecular weight excluding hydrogens is 302 g/mol. The van der Waals surface area contributed by atoms with Crippen molar-refractivity contribution in [2.45, 2.75) is 56.4 Å². The van der Waals surface area contributed by atoms with E-state index in [1.165, 1.54) is 0 Å². The molecule has 2 atom stereocenters. The molecule has 0 unspecified atom stereocenters. The molecule has 6 nitrogen and oxygen atoms in total. The molecule has 0 aliphatic carbocycles. The van der Waals surface area contributed by atoms with Gasteiger partial charge in [0.15, 0.2) is 0 Å². The van der Waals surface area contributed by atoms with Gasteiger partial charge in [-0.15, -0.1) is 5.10 Å². The summed E-state index contributed by atoms with van der Waals surface area (Å²) in [6.07, 6.45) is 1.28. The number of carbonyl (C=O) groups excluding carboxylic acids is 1. The molecule has 1 aromatic heterocycles. The lowest BCUT2D eigenvalue weighted by atomic mass is 10.1. The van der Waals surface area contributed by atoms with Gasteiger partial charge in [0, 0.05) is 13.1 Å². The van der Waals surface area contributed by atoms with Gasteiger partial charge >= 0.3 is 6.09 Å². The van der Waals surface area contributed by atoms with Gasteiger partial charge in [0.05, 0.1) is 21.7 Å². The monoisotopic (exact) mass is 325 g/mol. The Morgan fingerprint density at radius 3 is 2.68 bits per heavy atom. The van der Waals surface area contributed by atoms with Gasteiger partial charge in [-0.25, -0.2) is 4.79 Å². The summed E-state index contributed by atoms with van der Waals surface area (Å²) < 4.78 is 18.0. The first-order valence-corrected chi connectivity index (χ1v) is 8.66. The number of hydrogen-bond donors (Lipinski definition) is 0. The van der Waals surface area contributed by atoms with E-state index in [2.05, 4.69) is 10.2 Å². The zero-order valence-electron chi connectivity index (χ0n) is 13.5. The zero-order chi connectivity index (χ0) is 16.3. The minimum atomic E-state index is -1.26. The first-order valence-electron chi connectivity index (χ1n) is 7.45. The topological polar surface area (TPSA) is 72.4 Å². The van der Waals surface area contributed by atoms with Gasteiger partial charge in [-0.2, -0.15) is 5.10 Å². The number of carbonyl (C=O) groups is 1. The molecule has 0 bridgehead atoms. The Labute approximate surface area is 133 Å². The third kappa shape index (κ3) is 4.50. The molecule has 1 fully saturated rings. The summed E-state index contributed by atoms with van der Waals surface area (Å²) in [5.74, 6) is 0. The predicted octanol–water partition coefficient (Wildman–Crippen LogP) is 2.29. The summed E-state index contributed by atoms with van der Waals surface area (Å²) in [6, 6.07) is 3.54. The Bertz CT molecular complexity index is 554. The van der Waals surface area contributed by atoms with E-state index in [0.29, 0.717) is 18.1 Å². The highest BCUT2D eigenvalue weighted by Gasteiger charge is 2.31. The van der Waals surface area contributed by atoms with Crippen molar-refractivity contribution in [3.63, 3.8) is 0 Å². The summed E-state index contributed by atoms with van der Waals surface area (Å²) in [5.41, 5.74) is 0.269. The van der Waals surface area contributed by atoms with Gasteiger partial charge in [-0.05, 0) is 52.7 Å². The van der Waals surface area contributed by atoms with Gasteiger partial charge in [-0.3, -0.25) is 4.21 Å². The predicted molar refractivity (Wildman–Crippen MR) is 84.0 cm³/mol. The molecule has 0 aromatic carbocycles. The number of ether oxygens (including phenoxy) is 1. The third-order valence-electron chi connectivity index (χ3n) is 3.31. The van der Waals surface area contributed by atoms with Crippen LogP contribution in [0.2, 0.25) is 0 Å². The zero-order valence-corrected chi connectivity index (χ0v) is 14.4. The van der Waals surface area contributed by atoms with Crippen LogP contribution in [-0.4, -0.2) is 49.3 Å². The van der Waals surface area contributed by atoms with Crippen molar-refractivity contribution in [3.05, 3.63) is 17.8 Å². The van der Waals surface area contributed by atoms with Crippen molar-refractivity contribution in [3.8, 4) is 0 Å². The average molecular weight is 325 g/mol. The first-order chi connectivity index (χ1) is 10.3. The third-order valence-corrected chi connectivity index (χ3v) is 4.93. The summed E-state index contributed by atoms with van der Waals surface area (Å²) >= 11 is 0. The maximum absolute atomic E-state index is 12.6. The van der Waals surface area contributed by atoms with E-state index in [0.717, 1.165) is 18.5 Å². The number of rotatable bonds is 2. The fourth-order valence-corrected chi connectivity index (χ4v) is 3.63. The number of likely N-dealkylation sites (tertiary alicyclic amines) is 1. The van der Waals surface area contributed by atoms with Crippen LogP contribution in [0, 0.1) is 6.92 Å². The van der Waals surface area contributed by atoms with Crippen LogP contribution in [-0.2, 0) is 15.5 Å². The van der Waals surface area contributed by atoms with E-state index in [1.54, 1.807) is 17.0 Å². The van der Waals surface area contributed by atoms with Crippen LogP contribution in [0.3, 0.4) is 0 Å². The molecule has 122 valence electrons. The molecule has 0 radical (unpaired) electrons. The number of hydrogen-bond acceptors (Lipinski definition) is 5. The Kier molecular flexibility index (Phi) is 5.16. The van der Waals surface area contributed by atoms with E-state index < -0.39 is 16.4 Å². The van der Waals surface area contributed by atoms with E-state index in [-0.39, 0.29) is 11.3 Å². The minimum Gasteiger partial charge on any atom is -0.444 e. The molecule has 2 rings (SSSR count). The summed E-state index contributed by atoms with van der Waals surface area (Å²) in [4.78, 5) is 13.8. The average Bonchev–Trinajstić information content (AvgIpc) is 2.46. The quantitative estimate of drug-likeness (QED) is 0.834. The standard InChI is InChI=1S/C15H23N3O3S/c1-11-7-8-13(17-16-11)22(20)12-6-5-9-18(10-12)14(19)21-15(2,3)4/h7-8,12H,5-6,9-10H2,1-4H3/t12-,22-/m0/s1. The van der Waals surface area contributed by atoms with Crippen LogP contribution in [0.1, 0.15) is 39.3 Å². The lowest BCUT2D eigenvalue weighted by molar-refractivity contribution is 0.0219. The number of aromatic nitrogens is 2. The van der Waals surface area contributed by atoms with Gasteiger partial charge in [0.1, 0.15) is 10.6 Å². The lowest BCUT2D eigenvalue weighted by Gasteiger charge is -2.33. The van der Waals surface area contributed by atoms with Gasteiger partial charge < -0.3 is 9.64 Å². The Morgan fingerprint density at radius 2 is 2.09 bits per heavy atom. The Balaban J connectivity index is 2.02. The molecular formula is C15H23N3O3S. The second-order valence-corrected chi connectivity index (χ2v) is 8.18. The highest BCUT2D eigenvalue weighted by atomic mass is 32.2. The van der Waals surface area contributed by atoms with Crippen LogP contribution in [0.25, 0.3) is 0 Å². The molecule has 0 spiro atoms. The van der Waals surface area contributed by atoms with Crippen molar-refractivity contribution >= 4 is 16.9 Å². The van der Waals surface area contributed by atoms with Gasteiger partial charge in [0.2, 0.25) is 0 Å². The van der Waals surface area contributed by atoms with Crippen LogP contribution >= 0.6 is 0 Å². The number of piperidine rings is 1. The Morgan fingerprint density at radius 1 is 1.36 bits per heavy atom. The number of nitrogens with zero attached hydrogens (tertiary/aromatic N) is 3. The van der Waals surface area contributed by atoms with Crippen LogP contribution in [0.15, 0.2) is 17.2 Å². The summed E-state index contributed by atoms with van der Waals surface area (Å²) in [7, 11) is -1.26. The van der Waals surface area contributed by atoms with Crippen molar-refractivity contribution < 1.29 is 13.7 Å². The maximum Gasteiger partial charge on any atom is 0.410 e. The van der Waals surface area contributed by atoms with Crippen molar-refractivity contribution in [2.24, 2.45) is 0 Å². The molecule has 1 saturated heterocycles. The van der Waals surface area contributed by atoms with Crippen LogP contribution in [0.5, 0.6) is 0 Å². The second kappa shape index (κ2) is 6.73. The molecule has 1 aliphatic heterocycles. The van der Waals surface area contributed by atoms with E-state index in [1.807, 2.05) is 27.7 Å². The molecule has 2 heterocycles. The first kappa shape index (κ1) is 16.9. The lowest BCUT2D eigenvalue weighted by Crippen LogP contribution is -2.45. The summed E-state index contributed by atoms with van der Waals surface area (Å²) in [5, 5.41) is 8.29. The van der Waals surface area contributed by atoms with Crippen molar-refractivity contribution in [1.29, 1.82) is 0 Å². The van der Waals surface area contributed by atoms with E-state index in [9.17, 15) is 9.00 Å². The van der Waals surface area contributed by atoms with E-state index in [4.69, 9.17) is 4.74 Å². The molecule has 22 heavy (non-hydrogen) atoms. The molecule has 0 N–H and O–H groups in total. The normalized spacial score (nSPS) is 20.5. The van der Waals surface area contributed by atoms with Crippen LogP contribution in [0.4, 0.5) is 4.79 Å². The highest BCUT2D eigenvalue weighted by molar-refractivity contribution is 7.85. The minimum absolute atomic E-state index is 0.127. The summed E-state index contributed by atoms with van der Waals surface area (Å²) in [6.45, 7) is 8.43. The maximum atomic E-state index is 12.6. The van der Waals surface area contributed by atoms with Gasteiger partial charge in [0.25, 0.3) is 0 Å². The number of aryl methyl sites for hydroxylation is 1. The fraction of sp³-hybridized carbons (Fsp3) is 0.667. The van der Waals surface area contributed by atoms with Gasteiger partial charge in [-0.1, -0.05) is 0 Å². The molecule has 1 aromatic rings. The van der Waals surface area contributed by atoms with E-state index >= 15 is 0 Å². The smallest absolute Gasteiger partial charge is 0.410 e. The SMILES string of the molecule is Cc1ccc([S@@](=O)[C@H]2CCCN(C(=O)OC(C)(C)C)C2)nn1. The second-order valence-electron chi connectivity index (χ2n) is 6.50. The Hall–Kier alpha value is -1.50. The van der Waals surface area contributed by atoms with Crippen molar-refractivity contribution in [1.82, 2.24) is 15.1 Å². The van der Waals surface area contributed by atoms with Crippen molar-refractivity contribution in [2.75, 3.05) is 13.1 Å². The number of amides is 1. The largest absolute Gasteiger partial charge is 0.444 e. The molecule has 1 amide bonds. The fourth-order valence-electron chi connectivity index (χ4n) is 2.27. The highest BCUT2D eigenvalue weighted by Crippen LogP contribution is 2.21. The molecule has 7 heteroatoms. The van der Waals surface area contributed by atoms with Crippen LogP contribution < -0.4 is 0 Å².